The molecular weight excluding hydrogens is 488 g/mol. The molecule has 0 aliphatic carbocycles. The van der Waals surface area contributed by atoms with E-state index in [2.05, 4.69) is 32.0 Å². The Morgan fingerprint density at radius 3 is 2.78 bits per heavy atom. The first-order valence-electron chi connectivity index (χ1n) is 12.0. The fourth-order valence-corrected chi connectivity index (χ4v) is 4.97. The minimum Gasteiger partial charge on any atom is -0.489 e. The Balaban J connectivity index is 1.25. The molecule has 2 N–H and O–H groups in total. The van der Waals surface area contributed by atoms with E-state index in [1.54, 1.807) is 6.92 Å². The summed E-state index contributed by atoms with van der Waals surface area (Å²) in [6.07, 6.45) is 1.08. The number of H-pyrrole nitrogens is 1. The zero-order chi connectivity index (χ0) is 25.8. The zero-order valence-corrected chi connectivity index (χ0v) is 21.8. The normalized spacial score (nSPS) is 11.8. The van der Waals surface area contributed by atoms with Crippen LogP contribution in [0.3, 0.4) is 0 Å². The molecule has 10 heteroatoms. The van der Waals surface area contributed by atoms with Gasteiger partial charge in [-0.25, -0.2) is 10.1 Å². The number of hydrogen-bond donors (Lipinski definition) is 2. The number of thiazole rings is 1. The van der Waals surface area contributed by atoms with Crippen LogP contribution in [-0.2, 0) is 24.4 Å². The first-order chi connectivity index (χ1) is 17.8. The van der Waals surface area contributed by atoms with Crippen LogP contribution in [0.1, 0.15) is 49.8 Å². The topological polar surface area (TPSA) is 119 Å². The monoisotopic (exact) mass is 516 g/mol. The number of nitrogens with zero attached hydrogens (tertiary/aromatic N) is 4. The van der Waals surface area contributed by atoms with Crippen LogP contribution >= 0.6 is 11.3 Å². The molecule has 0 spiro atoms. The maximum atomic E-state index is 11.5. The molecule has 2 aromatic carbocycles. The van der Waals surface area contributed by atoms with Gasteiger partial charge in [0.1, 0.15) is 23.7 Å². The first-order valence-corrected chi connectivity index (χ1v) is 12.9. The summed E-state index contributed by atoms with van der Waals surface area (Å²) < 4.78 is 12.2. The van der Waals surface area contributed by atoms with Crippen LogP contribution in [0.25, 0.3) is 21.7 Å². The molecular formula is C27H28N6O3S. The van der Waals surface area contributed by atoms with E-state index in [9.17, 15) is 4.79 Å². The lowest BCUT2D eigenvalue weighted by Gasteiger charge is -2.24. The Hall–Kier alpha value is -3.89. The number of carbonyl (C=O) groups is 1. The lowest BCUT2D eigenvalue weighted by atomic mass is 9.98. The van der Waals surface area contributed by atoms with Gasteiger partial charge in [0, 0.05) is 35.7 Å². The summed E-state index contributed by atoms with van der Waals surface area (Å²) >= 11 is 1.54. The number of nitrogens with one attached hydrogen (secondary N) is 2. The van der Waals surface area contributed by atoms with E-state index in [-0.39, 0.29) is 11.3 Å². The zero-order valence-electron chi connectivity index (χ0n) is 20.9. The number of rotatable bonds is 11. The Bertz CT molecular complexity index is 1510. The minimum atomic E-state index is -0.279. The molecule has 0 radical (unpaired) electrons. The molecule has 0 aliphatic heterocycles. The average Bonchev–Trinajstić information content (AvgIpc) is 3.62. The maximum absolute atomic E-state index is 11.5. The standard InChI is InChI=1S/C27H28N6O3S/c1-17(34)13-27(2,3)28-14-21-16-37-26(29-21)24-11-20-10-22(8-9-23(20)36-24)35-15-19-7-5-4-6-18(19)12-25-30-32-33-31-25/h4-11,16,28H,12-15H2,1-3H3,(H,30,31,32,33). The van der Waals surface area contributed by atoms with Crippen molar-refractivity contribution < 1.29 is 13.9 Å². The van der Waals surface area contributed by atoms with E-state index in [1.807, 2.05) is 61.7 Å². The second-order valence-electron chi connectivity index (χ2n) is 9.65. The molecule has 9 nitrogen and oxygen atoms in total. The summed E-state index contributed by atoms with van der Waals surface area (Å²) in [7, 11) is 0. The third kappa shape index (κ3) is 6.28. The minimum absolute atomic E-state index is 0.162. The number of ketones is 1. The van der Waals surface area contributed by atoms with Gasteiger partial charge in [-0.3, -0.25) is 4.79 Å². The van der Waals surface area contributed by atoms with Crippen molar-refractivity contribution in [3.8, 4) is 16.5 Å². The van der Waals surface area contributed by atoms with Crippen LogP contribution in [0.2, 0.25) is 0 Å². The van der Waals surface area contributed by atoms with E-state index in [0.717, 1.165) is 44.3 Å². The Kier molecular flexibility index (Phi) is 7.11. The molecule has 5 aromatic rings. The van der Waals surface area contributed by atoms with Crippen molar-refractivity contribution in [2.45, 2.75) is 52.3 Å². The number of tetrazole rings is 1. The predicted octanol–water partition coefficient (Wildman–Crippen LogP) is 5.09. The summed E-state index contributed by atoms with van der Waals surface area (Å²) in [4.78, 5) is 16.2. The summed E-state index contributed by atoms with van der Waals surface area (Å²) in [6.45, 7) is 6.67. The van der Waals surface area contributed by atoms with E-state index in [1.165, 1.54) is 11.3 Å². The molecule has 0 amide bonds. The summed E-state index contributed by atoms with van der Waals surface area (Å²) in [5, 5.41) is 21.3. The van der Waals surface area contributed by atoms with Crippen LogP contribution in [0.5, 0.6) is 5.75 Å². The Morgan fingerprint density at radius 1 is 1.16 bits per heavy atom. The van der Waals surface area contributed by atoms with Crippen LogP contribution < -0.4 is 10.1 Å². The van der Waals surface area contributed by atoms with Crippen LogP contribution in [-0.4, -0.2) is 36.9 Å². The Labute approximate surface area is 218 Å². The number of benzene rings is 2. The van der Waals surface area contributed by atoms with Crippen LogP contribution in [0.15, 0.2) is 58.3 Å². The largest absolute Gasteiger partial charge is 0.489 e. The molecule has 3 aromatic heterocycles. The van der Waals surface area contributed by atoms with Gasteiger partial charge in [-0.2, -0.15) is 0 Å². The number of aromatic amines is 1. The van der Waals surface area contributed by atoms with Crippen molar-refractivity contribution in [3.05, 3.63) is 76.6 Å². The molecule has 0 atom stereocenters. The average molecular weight is 517 g/mol. The van der Waals surface area contributed by atoms with Gasteiger partial charge < -0.3 is 14.5 Å². The molecule has 3 heterocycles. The smallest absolute Gasteiger partial charge is 0.164 e. The second-order valence-corrected chi connectivity index (χ2v) is 10.5. The summed E-state index contributed by atoms with van der Waals surface area (Å²) in [5.41, 5.74) is 3.59. The third-order valence-corrected chi connectivity index (χ3v) is 6.85. The number of aromatic nitrogens is 5. The van der Waals surface area contributed by atoms with Crippen LogP contribution in [0, 0.1) is 0 Å². The van der Waals surface area contributed by atoms with E-state index in [4.69, 9.17) is 14.1 Å². The summed E-state index contributed by atoms with van der Waals surface area (Å²) in [5.74, 6) is 2.35. The van der Waals surface area contributed by atoms with Crippen molar-refractivity contribution in [2.24, 2.45) is 0 Å². The van der Waals surface area contributed by atoms with Gasteiger partial charge in [-0.1, -0.05) is 24.3 Å². The summed E-state index contributed by atoms with van der Waals surface area (Å²) in [6, 6.07) is 15.9. The fourth-order valence-electron chi connectivity index (χ4n) is 4.20. The molecule has 0 bridgehead atoms. The highest BCUT2D eigenvalue weighted by Crippen LogP contribution is 2.32. The van der Waals surface area contributed by atoms with Crippen LogP contribution in [0.4, 0.5) is 0 Å². The maximum Gasteiger partial charge on any atom is 0.164 e. The third-order valence-electron chi connectivity index (χ3n) is 5.95. The number of Topliss-reactive ketones (excluding diaryl/α,β-unsaturated/α-hetero) is 1. The van der Waals surface area contributed by atoms with Gasteiger partial charge in [0.25, 0.3) is 0 Å². The first kappa shape index (κ1) is 24.8. The lowest BCUT2D eigenvalue weighted by Crippen LogP contribution is -2.40. The lowest BCUT2D eigenvalue weighted by molar-refractivity contribution is -0.118. The van der Waals surface area contributed by atoms with E-state index >= 15 is 0 Å². The van der Waals surface area contributed by atoms with Gasteiger partial charge in [0.05, 0.1) is 5.69 Å². The van der Waals surface area contributed by atoms with Gasteiger partial charge in [0.2, 0.25) is 0 Å². The number of furan rings is 1. The predicted molar refractivity (Wildman–Crippen MR) is 141 cm³/mol. The molecule has 0 saturated carbocycles. The van der Waals surface area contributed by atoms with Gasteiger partial charge in [-0.05, 0) is 66.6 Å². The Morgan fingerprint density at radius 2 is 2.00 bits per heavy atom. The highest BCUT2D eigenvalue weighted by molar-refractivity contribution is 7.13. The molecule has 190 valence electrons. The van der Waals surface area contributed by atoms with Crippen molar-refractivity contribution in [3.63, 3.8) is 0 Å². The number of carbonyl (C=O) groups excluding carboxylic acids is 1. The van der Waals surface area contributed by atoms with Crippen molar-refractivity contribution in [1.82, 2.24) is 30.9 Å². The second kappa shape index (κ2) is 10.6. The van der Waals surface area contributed by atoms with E-state index < -0.39 is 0 Å². The number of hydrogen-bond acceptors (Lipinski definition) is 9. The number of fused-ring (bicyclic) bond motifs is 1. The van der Waals surface area contributed by atoms with Crippen molar-refractivity contribution in [2.75, 3.05) is 0 Å². The van der Waals surface area contributed by atoms with Crippen molar-refractivity contribution in [1.29, 1.82) is 0 Å². The van der Waals surface area contributed by atoms with Gasteiger partial charge in [0.15, 0.2) is 16.6 Å². The SMILES string of the molecule is CC(=O)CC(C)(C)NCc1csc(-c2cc3cc(OCc4ccccc4Cc4nnn[nH]4)ccc3o2)n1. The van der Waals surface area contributed by atoms with E-state index in [0.29, 0.717) is 31.8 Å². The molecule has 37 heavy (non-hydrogen) atoms. The number of ether oxygens (including phenoxy) is 1. The highest BCUT2D eigenvalue weighted by atomic mass is 32.1. The van der Waals surface area contributed by atoms with Crippen molar-refractivity contribution >= 4 is 28.1 Å². The molecule has 0 unspecified atom stereocenters. The molecule has 5 rings (SSSR count). The molecule has 0 fully saturated rings. The quantitative estimate of drug-likeness (QED) is 0.249. The fraction of sp³-hybridized carbons (Fsp3) is 0.296. The molecule has 0 aliphatic rings. The molecule has 0 saturated heterocycles. The van der Waals surface area contributed by atoms with Gasteiger partial charge in [-0.15, -0.1) is 16.4 Å². The highest BCUT2D eigenvalue weighted by Gasteiger charge is 2.20. The van der Waals surface area contributed by atoms with Gasteiger partial charge >= 0.3 is 0 Å².